The van der Waals surface area contributed by atoms with Gasteiger partial charge in [0.2, 0.25) is 0 Å². The summed E-state index contributed by atoms with van der Waals surface area (Å²) in [6.45, 7) is -0.326. The number of carboxylic acid groups (broad SMARTS) is 1. The Hall–Kier alpha value is -2.38. The van der Waals surface area contributed by atoms with Crippen LogP contribution in [0.3, 0.4) is 0 Å². The Morgan fingerprint density at radius 1 is 1.17 bits per heavy atom. The zero-order valence-electron chi connectivity index (χ0n) is 12.4. The van der Waals surface area contributed by atoms with Crippen molar-refractivity contribution in [3.8, 4) is 0 Å². The van der Waals surface area contributed by atoms with Crippen LogP contribution < -0.4 is 0 Å². The first-order valence-electron chi connectivity index (χ1n) is 6.76. The summed E-state index contributed by atoms with van der Waals surface area (Å²) >= 11 is 0. The van der Waals surface area contributed by atoms with Crippen molar-refractivity contribution in [2.45, 2.75) is 11.3 Å². The van der Waals surface area contributed by atoms with Gasteiger partial charge in [-0.05, 0) is 29.8 Å². The Bertz CT molecular complexity index is 814. The highest BCUT2D eigenvalue weighted by atomic mass is 32.2. The van der Waals surface area contributed by atoms with Gasteiger partial charge in [0.1, 0.15) is 5.76 Å². The summed E-state index contributed by atoms with van der Waals surface area (Å²) in [5.74, 6) is -0.833. The van der Waals surface area contributed by atoms with Gasteiger partial charge in [-0.1, -0.05) is 12.1 Å². The highest BCUT2D eigenvalue weighted by molar-refractivity contribution is 7.90. The molecule has 0 aliphatic heterocycles. The first-order valence-corrected chi connectivity index (χ1v) is 8.65. The van der Waals surface area contributed by atoms with Crippen LogP contribution in [0.4, 0.5) is 0 Å². The van der Waals surface area contributed by atoms with Crippen LogP contribution in [-0.4, -0.2) is 37.5 Å². The Morgan fingerprint density at radius 2 is 1.83 bits per heavy atom. The van der Waals surface area contributed by atoms with E-state index >= 15 is 0 Å². The maximum absolute atomic E-state index is 11.5. The number of carbonyl (C=O) groups is 1. The van der Waals surface area contributed by atoms with Crippen LogP contribution in [-0.2, 0) is 14.6 Å². The minimum Gasteiger partial charge on any atom is -0.478 e. The molecule has 6 nitrogen and oxygen atoms in total. The molecule has 0 aliphatic carbocycles. The molecule has 0 bridgehead atoms. The number of furan rings is 1. The third kappa shape index (κ3) is 3.88. The van der Waals surface area contributed by atoms with E-state index in [4.69, 9.17) is 9.52 Å². The smallest absolute Gasteiger partial charge is 0.332 e. The second-order valence-electron chi connectivity index (χ2n) is 4.91. The average Bonchev–Trinajstić information content (AvgIpc) is 3.00. The number of benzene rings is 1. The average molecular weight is 336 g/mol. The summed E-state index contributed by atoms with van der Waals surface area (Å²) in [5.41, 5.74) is 0.810. The van der Waals surface area contributed by atoms with Crippen LogP contribution in [0.15, 0.2) is 57.5 Å². The first-order chi connectivity index (χ1) is 10.8. The lowest BCUT2D eigenvalue weighted by Gasteiger charge is -2.11. The van der Waals surface area contributed by atoms with Gasteiger partial charge in [0.15, 0.2) is 9.84 Å². The van der Waals surface area contributed by atoms with Crippen LogP contribution in [0, 0.1) is 0 Å². The van der Waals surface area contributed by atoms with Gasteiger partial charge in [0, 0.05) is 24.9 Å². The summed E-state index contributed by atoms with van der Waals surface area (Å²) in [7, 11) is -3.34. The third-order valence-electron chi connectivity index (χ3n) is 3.26. The quantitative estimate of drug-likeness (QED) is 0.781. The maximum atomic E-state index is 11.5. The zero-order chi connectivity index (χ0) is 17.0. The van der Waals surface area contributed by atoms with E-state index in [0.29, 0.717) is 16.9 Å². The topological polar surface area (TPSA) is 105 Å². The first kappa shape index (κ1) is 17.0. The van der Waals surface area contributed by atoms with Crippen LogP contribution in [0.2, 0.25) is 0 Å². The van der Waals surface area contributed by atoms with Crippen LogP contribution in [0.5, 0.6) is 0 Å². The number of hydrogen-bond acceptors (Lipinski definition) is 5. The number of hydrogen-bond donors (Lipinski definition) is 2. The molecule has 0 saturated heterocycles. The van der Waals surface area contributed by atoms with E-state index in [2.05, 4.69) is 0 Å². The molecule has 122 valence electrons. The molecule has 23 heavy (non-hydrogen) atoms. The van der Waals surface area contributed by atoms with Gasteiger partial charge in [-0.25, -0.2) is 13.2 Å². The van der Waals surface area contributed by atoms with Gasteiger partial charge in [-0.2, -0.15) is 0 Å². The van der Waals surface area contributed by atoms with E-state index in [1.807, 2.05) is 0 Å². The molecule has 1 aromatic carbocycles. The summed E-state index contributed by atoms with van der Waals surface area (Å²) in [4.78, 5) is 11.7. The largest absolute Gasteiger partial charge is 0.478 e. The Kier molecular flexibility index (Phi) is 5.02. The molecule has 2 N–H and O–H groups in total. The Labute approximate surface area is 133 Å². The van der Waals surface area contributed by atoms with Crippen LogP contribution >= 0.6 is 0 Å². The fourth-order valence-corrected chi connectivity index (χ4v) is 2.84. The molecule has 0 unspecified atom stereocenters. The summed E-state index contributed by atoms with van der Waals surface area (Å²) in [6.07, 6.45) is 2.46. The minimum absolute atomic E-state index is 0.00504. The maximum Gasteiger partial charge on any atom is 0.332 e. The lowest BCUT2D eigenvalue weighted by molar-refractivity contribution is -0.132. The molecule has 1 aromatic heterocycles. The van der Waals surface area contributed by atoms with E-state index in [0.717, 1.165) is 6.26 Å². The number of aliphatic hydroxyl groups is 1. The van der Waals surface area contributed by atoms with Gasteiger partial charge >= 0.3 is 5.97 Å². The van der Waals surface area contributed by atoms with Crippen molar-refractivity contribution in [2.75, 3.05) is 12.9 Å². The van der Waals surface area contributed by atoms with Crippen molar-refractivity contribution in [1.29, 1.82) is 0 Å². The van der Waals surface area contributed by atoms with E-state index in [1.54, 1.807) is 12.1 Å². The molecule has 0 saturated carbocycles. The lowest BCUT2D eigenvalue weighted by Crippen LogP contribution is -2.07. The Morgan fingerprint density at radius 3 is 2.26 bits per heavy atom. The molecular weight excluding hydrogens is 320 g/mol. The summed E-state index contributed by atoms with van der Waals surface area (Å²) in [6, 6.07) is 9.10. The zero-order valence-corrected chi connectivity index (χ0v) is 13.2. The molecule has 2 rings (SSSR count). The van der Waals surface area contributed by atoms with Crippen molar-refractivity contribution in [2.24, 2.45) is 0 Å². The predicted octanol–water partition coefficient (Wildman–Crippen LogP) is 1.95. The number of aliphatic carboxylic acids is 1. The highest BCUT2D eigenvalue weighted by Crippen LogP contribution is 2.29. The second-order valence-corrected chi connectivity index (χ2v) is 6.92. The third-order valence-corrected chi connectivity index (χ3v) is 4.39. The molecule has 0 fully saturated rings. The molecule has 0 aliphatic rings. The molecule has 0 atom stereocenters. The fraction of sp³-hybridized carbons (Fsp3) is 0.188. The van der Waals surface area contributed by atoms with Crippen molar-refractivity contribution in [3.63, 3.8) is 0 Å². The summed E-state index contributed by atoms with van der Waals surface area (Å²) in [5, 5.41) is 18.5. The molecule has 0 amide bonds. The van der Waals surface area contributed by atoms with Gasteiger partial charge in [0.05, 0.1) is 16.7 Å². The van der Waals surface area contributed by atoms with Crippen molar-refractivity contribution in [3.05, 3.63) is 59.6 Å². The van der Waals surface area contributed by atoms with Crippen molar-refractivity contribution >= 4 is 21.4 Å². The van der Waals surface area contributed by atoms with Gasteiger partial charge in [0.25, 0.3) is 0 Å². The highest BCUT2D eigenvalue weighted by Gasteiger charge is 2.20. The SMILES string of the molecule is CS(=O)(=O)c1ccc(/C(=C(/CCO)C(=O)O)c2ccco2)cc1. The lowest BCUT2D eigenvalue weighted by atomic mass is 9.96. The number of sulfone groups is 1. The normalized spacial score (nSPS) is 12.8. The number of carboxylic acids is 1. The predicted molar refractivity (Wildman–Crippen MR) is 83.6 cm³/mol. The van der Waals surface area contributed by atoms with E-state index in [1.165, 1.54) is 30.5 Å². The minimum atomic E-state index is -3.34. The molecule has 1 heterocycles. The standard InChI is InChI=1S/C16H16O6S/c1-23(20,21)12-6-4-11(5-7-12)15(14-3-2-10-22-14)13(8-9-17)16(18)19/h2-7,10,17H,8-9H2,1H3,(H,18,19)/b15-13+. The van der Waals surface area contributed by atoms with E-state index in [9.17, 15) is 18.3 Å². The molecular formula is C16H16O6S. The van der Waals surface area contributed by atoms with Gasteiger partial charge in [-0.3, -0.25) is 0 Å². The van der Waals surface area contributed by atoms with E-state index < -0.39 is 15.8 Å². The monoisotopic (exact) mass is 336 g/mol. The van der Waals surface area contributed by atoms with Gasteiger partial charge in [-0.15, -0.1) is 0 Å². The Balaban J connectivity index is 2.64. The number of aliphatic hydroxyl groups excluding tert-OH is 1. The fourth-order valence-electron chi connectivity index (χ4n) is 2.21. The van der Waals surface area contributed by atoms with Gasteiger partial charge < -0.3 is 14.6 Å². The van der Waals surface area contributed by atoms with E-state index in [-0.39, 0.29) is 23.5 Å². The molecule has 7 heteroatoms. The van der Waals surface area contributed by atoms with Crippen LogP contribution in [0.25, 0.3) is 5.57 Å². The van der Waals surface area contributed by atoms with Crippen molar-refractivity contribution in [1.82, 2.24) is 0 Å². The molecule has 2 aromatic rings. The molecule has 0 radical (unpaired) electrons. The summed E-state index contributed by atoms with van der Waals surface area (Å²) < 4.78 is 28.4. The van der Waals surface area contributed by atoms with Crippen molar-refractivity contribution < 1.29 is 27.8 Å². The number of rotatable bonds is 6. The van der Waals surface area contributed by atoms with Crippen LogP contribution in [0.1, 0.15) is 17.7 Å². The molecule has 0 spiro atoms. The second kappa shape index (κ2) is 6.80.